The van der Waals surface area contributed by atoms with Gasteiger partial charge in [0.2, 0.25) is 0 Å². The molecule has 0 aliphatic carbocycles. The summed E-state index contributed by atoms with van der Waals surface area (Å²) < 4.78 is 10.4. The number of methoxy groups -OCH3 is 2. The van der Waals surface area contributed by atoms with Crippen LogP contribution in [0.4, 0.5) is 0 Å². The lowest BCUT2D eigenvalue weighted by Crippen LogP contribution is -2.25. The average Bonchev–Trinajstić information content (AvgIpc) is 2.34. The Balaban J connectivity index is 2.75. The van der Waals surface area contributed by atoms with Gasteiger partial charge in [-0.3, -0.25) is 0 Å². The van der Waals surface area contributed by atoms with Crippen LogP contribution >= 0.6 is 0 Å². The lowest BCUT2D eigenvalue weighted by Gasteiger charge is -2.22. The van der Waals surface area contributed by atoms with Crippen molar-refractivity contribution < 1.29 is 9.47 Å². The molecule has 1 N–H and O–H groups in total. The summed E-state index contributed by atoms with van der Waals surface area (Å²) in [6.45, 7) is 8.10. The number of hydrogen-bond acceptors (Lipinski definition) is 5. The van der Waals surface area contributed by atoms with E-state index in [1.165, 1.54) is 0 Å². The van der Waals surface area contributed by atoms with Crippen LogP contribution in [-0.2, 0) is 21.6 Å². The van der Waals surface area contributed by atoms with E-state index in [0.717, 1.165) is 17.9 Å². The zero-order valence-electron chi connectivity index (χ0n) is 11.9. The molecule has 0 aromatic carbocycles. The van der Waals surface area contributed by atoms with Gasteiger partial charge in [-0.15, -0.1) is 0 Å². The molecule has 0 atom stereocenters. The Morgan fingerprint density at radius 3 is 2.61 bits per heavy atom. The van der Waals surface area contributed by atoms with Crippen LogP contribution in [-0.4, -0.2) is 37.3 Å². The molecule has 0 amide bonds. The van der Waals surface area contributed by atoms with Gasteiger partial charge in [0, 0.05) is 33.0 Å². The second-order valence-electron chi connectivity index (χ2n) is 4.71. The van der Waals surface area contributed by atoms with Crippen LogP contribution in [0.1, 0.15) is 31.1 Å². The number of nitrogens with zero attached hydrogens (tertiary/aromatic N) is 2. The second kappa shape index (κ2) is 6.78. The number of aryl methyl sites for hydroxylation is 1. The molecule has 0 saturated heterocycles. The van der Waals surface area contributed by atoms with Crippen LogP contribution in [0.5, 0.6) is 0 Å². The molecule has 1 heterocycles. The number of nitrogens with one attached hydrogen (secondary N) is 1. The van der Waals surface area contributed by atoms with E-state index in [1.54, 1.807) is 14.2 Å². The van der Waals surface area contributed by atoms with E-state index in [4.69, 9.17) is 9.47 Å². The summed E-state index contributed by atoms with van der Waals surface area (Å²) in [6, 6.07) is 1.98. The van der Waals surface area contributed by atoms with Crippen molar-refractivity contribution in [3.63, 3.8) is 0 Å². The topological polar surface area (TPSA) is 56.3 Å². The van der Waals surface area contributed by atoms with Crippen molar-refractivity contribution in [2.24, 2.45) is 0 Å². The molecular weight excluding hydrogens is 230 g/mol. The quantitative estimate of drug-likeness (QED) is 0.744. The Labute approximate surface area is 109 Å². The summed E-state index contributed by atoms with van der Waals surface area (Å²) in [4.78, 5) is 8.97. The van der Waals surface area contributed by atoms with Crippen molar-refractivity contribution in [3.05, 3.63) is 23.3 Å². The van der Waals surface area contributed by atoms with Gasteiger partial charge in [0.25, 0.3) is 0 Å². The molecule has 0 spiro atoms. The van der Waals surface area contributed by atoms with Crippen LogP contribution in [0.25, 0.3) is 0 Å². The van der Waals surface area contributed by atoms with Crippen LogP contribution in [0.2, 0.25) is 0 Å². The Morgan fingerprint density at radius 2 is 2.00 bits per heavy atom. The van der Waals surface area contributed by atoms with Gasteiger partial charge in [-0.25, -0.2) is 9.97 Å². The first kappa shape index (κ1) is 15.0. The summed E-state index contributed by atoms with van der Waals surface area (Å²) in [6.07, 6.45) is 0. The third-order valence-corrected chi connectivity index (χ3v) is 2.75. The van der Waals surface area contributed by atoms with Crippen LogP contribution in [0.15, 0.2) is 6.07 Å². The first-order valence-corrected chi connectivity index (χ1v) is 6.09. The maximum absolute atomic E-state index is 5.41. The predicted molar refractivity (Wildman–Crippen MR) is 70.4 cm³/mol. The minimum Gasteiger partial charge on any atom is -0.383 e. The smallest absolute Gasteiger partial charge is 0.160 e. The van der Waals surface area contributed by atoms with E-state index in [9.17, 15) is 0 Å². The normalized spacial score (nSPS) is 11.8. The van der Waals surface area contributed by atoms with E-state index in [1.807, 2.05) is 26.8 Å². The molecule has 0 unspecified atom stereocenters. The summed E-state index contributed by atoms with van der Waals surface area (Å²) in [5.41, 5.74) is 1.46. The van der Waals surface area contributed by atoms with Gasteiger partial charge < -0.3 is 14.8 Å². The van der Waals surface area contributed by atoms with Crippen LogP contribution < -0.4 is 5.32 Å². The summed E-state index contributed by atoms with van der Waals surface area (Å²) in [5, 5.41) is 3.27. The highest BCUT2D eigenvalue weighted by Crippen LogP contribution is 2.20. The minimum absolute atomic E-state index is 0.465. The van der Waals surface area contributed by atoms with E-state index in [0.29, 0.717) is 19.0 Å². The third-order valence-electron chi connectivity index (χ3n) is 2.75. The van der Waals surface area contributed by atoms with E-state index >= 15 is 0 Å². The van der Waals surface area contributed by atoms with Gasteiger partial charge in [-0.2, -0.15) is 0 Å². The molecule has 1 aromatic heterocycles. The molecule has 0 aliphatic heterocycles. The number of aromatic nitrogens is 2. The molecular formula is C13H23N3O2. The zero-order chi connectivity index (χ0) is 13.6. The van der Waals surface area contributed by atoms with Crippen molar-refractivity contribution >= 4 is 0 Å². The molecule has 18 heavy (non-hydrogen) atoms. The summed E-state index contributed by atoms with van der Waals surface area (Å²) in [7, 11) is 3.36. The molecule has 1 aromatic rings. The van der Waals surface area contributed by atoms with Gasteiger partial charge in [0.15, 0.2) is 5.82 Å². The fraction of sp³-hybridized carbons (Fsp3) is 0.692. The zero-order valence-corrected chi connectivity index (χ0v) is 11.9. The number of hydrogen-bond donors (Lipinski definition) is 1. The highest BCUT2D eigenvalue weighted by molar-refractivity contribution is 5.13. The van der Waals surface area contributed by atoms with E-state index in [-0.39, 0.29) is 0 Å². The first-order chi connectivity index (χ1) is 8.49. The lowest BCUT2D eigenvalue weighted by molar-refractivity contribution is 0.0111. The molecule has 0 fully saturated rings. The highest BCUT2D eigenvalue weighted by Gasteiger charge is 2.23. The fourth-order valence-corrected chi connectivity index (χ4v) is 1.48. The van der Waals surface area contributed by atoms with Crippen molar-refractivity contribution in [2.75, 3.05) is 27.4 Å². The molecule has 0 saturated carbocycles. The van der Waals surface area contributed by atoms with Gasteiger partial charge in [0.05, 0.1) is 12.3 Å². The Bertz CT molecular complexity index is 380. The molecule has 1 rings (SSSR count). The molecule has 102 valence electrons. The van der Waals surface area contributed by atoms with Crippen LogP contribution in [0.3, 0.4) is 0 Å². The second-order valence-corrected chi connectivity index (χ2v) is 4.71. The molecule has 0 bridgehead atoms. The number of ether oxygens (including phenoxy) is 2. The van der Waals surface area contributed by atoms with Crippen molar-refractivity contribution in [3.8, 4) is 0 Å². The minimum atomic E-state index is -0.465. The standard InChI is InChI=1S/C13H23N3O2/c1-10-8-11(9-14-6-7-17-4)16-12(15-10)13(2,3)18-5/h8,14H,6-7,9H2,1-5H3. The molecule has 0 radical (unpaired) electrons. The molecule has 0 aliphatic rings. The molecule has 5 nitrogen and oxygen atoms in total. The van der Waals surface area contributed by atoms with Gasteiger partial charge in [0.1, 0.15) is 5.60 Å². The van der Waals surface area contributed by atoms with Crippen molar-refractivity contribution in [1.82, 2.24) is 15.3 Å². The molecule has 5 heteroatoms. The predicted octanol–water partition coefficient (Wildman–Crippen LogP) is 1.40. The number of rotatable bonds is 7. The maximum atomic E-state index is 5.41. The lowest BCUT2D eigenvalue weighted by atomic mass is 10.1. The van der Waals surface area contributed by atoms with E-state index in [2.05, 4.69) is 15.3 Å². The van der Waals surface area contributed by atoms with E-state index < -0.39 is 5.60 Å². The van der Waals surface area contributed by atoms with Gasteiger partial charge in [-0.05, 0) is 26.8 Å². The van der Waals surface area contributed by atoms with Crippen LogP contribution in [0, 0.1) is 6.92 Å². The van der Waals surface area contributed by atoms with Crippen molar-refractivity contribution in [1.29, 1.82) is 0 Å². The fourth-order valence-electron chi connectivity index (χ4n) is 1.48. The SMILES string of the molecule is COCCNCc1cc(C)nc(C(C)(C)OC)n1. The van der Waals surface area contributed by atoms with Crippen molar-refractivity contribution in [2.45, 2.75) is 32.9 Å². The average molecular weight is 253 g/mol. The summed E-state index contributed by atoms with van der Waals surface area (Å²) >= 11 is 0. The highest BCUT2D eigenvalue weighted by atomic mass is 16.5. The Kier molecular flexibility index (Phi) is 5.65. The largest absolute Gasteiger partial charge is 0.383 e. The van der Waals surface area contributed by atoms with Gasteiger partial charge >= 0.3 is 0 Å². The monoisotopic (exact) mass is 253 g/mol. The first-order valence-electron chi connectivity index (χ1n) is 6.09. The summed E-state index contributed by atoms with van der Waals surface area (Å²) in [5.74, 6) is 0.716. The maximum Gasteiger partial charge on any atom is 0.160 e. The van der Waals surface area contributed by atoms with Gasteiger partial charge in [-0.1, -0.05) is 0 Å². The Morgan fingerprint density at radius 1 is 1.28 bits per heavy atom. The Hall–Kier alpha value is -1.04. The third kappa shape index (κ3) is 4.33.